The molecule has 0 atom stereocenters. The Morgan fingerprint density at radius 1 is 1.35 bits per heavy atom. The van der Waals surface area contributed by atoms with Gasteiger partial charge in [0.2, 0.25) is 0 Å². The zero-order valence-electron chi connectivity index (χ0n) is 12.9. The maximum Gasteiger partial charge on any atom is 0.257 e. The first-order valence-electron chi connectivity index (χ1n) is 7.44. The molecular weight excluding hydrogens is 252 g/mol. The summed E-state index contributed by atoms with van der Waals surface area (Å²) in [5.74, 6) is 0.154. The smallest absolute Gasteiger partial charge is 0.257 e. The average molecular weight is 276 g/mol. The van der Waals surface area contributed by atoms with E-state index in [2.05, 4.69) is 30.9 Å². The van der Waals surface area contributed by atoms with Gasteiger partial charge in [-0.3, -0.25) is 9.48 Å². The van der Waals surface area contributed by atoms with Gasteiger partial charge in [0, 0.05) is 43.8 Å². The molecule has 1 aromatic heterocycles. The third-order valence-electron chi connectivity index (χ3n) is 4.61. The predicted molar refractivity (Wildman–Crippen MR) is 77.8 cm³/mol. The molecule has 2 aliphatic rings. The molecule has 0 aromatic carbocycles. The van der Waals surface area contributed by atoms with Crippen molar-refractivity contribution in [1.82, 2.24) is 19.6 Å². The van der Waals surface area contributed by atoms with Crippen LogP contribution in [0.15, 0.2) is 6.20 Å². The molecule has 0 saturated carbocycles. The van der Waals surface area contributed by atoms with E-state index in [-0.39, 0.29) is 5.91 Å². The summed E-state index contributed by atoms with van der Waals surface area (Å²) in [5, 5.41) is 4.45. The van der Waals surface area contributed by atoms with Crippen molar-refractivity contribution in [2.24, 2.45) is 5.41 Å². The van der Waals surface area contributed by atoms with Crippen LogP contribution in [0.25, 0.3) is 0 Å². The van der Waals surface area contributed by atoms with E-state index in [0.29, 0.717) is 11.5 Å². The zero-order chi connectivity index (χ0) is 14.5. The largest absolute Gasteiger partial charge is 0.338 e. The van der Waals surface area contributed by atoms with Crippen LogP contribution in [0.4, 0.5) is 0 Å². The fourth-order valence-corrected chi connectivity index (χ4v) is 3.59. The second kappa shape index (κ2) is 4.58. The van der Waals surface area contributed by atoms with Crippen molar-refractivity contribution in [1.29, 1.82) is 0 Å². The van der Waals surface area contributed by atoms with Gasteiger partial charge >= 0.3 is 0 Å². The molecule has 0 N–H and O–H groups in total. The molecule has 110 valence electrons. The summed E-state index contributed by atoms with van der Waals surface area (Å²) in [6.45, 7) is 10.1. The summed E-state index contributed by atoms with van der Waals surface area (Å²) in [6, 6.07) is 0.292. The highest BCUT2D eigenvalue weighted by Gasteiger charge is 2.47. The Morgan fingerprint density at radius 3 is 2.60 bits per heavy atom. The molecule has 5 nitrogen and oxygen atoms in total. The molecule has 0 radical (unpaired) electrons. The third kappa shape index (κ3) is 2.14. The highest BCUT2D eigenvalue weighted by Crippen LogP contribution is 2.39. The van der Waals surface area contributed by atoms with Gasteiger partial charge < -0.3 is 9.80 Å². The van der Waals surface area contributed by atoms with Crippen LogP contribution in [0.3, 0.4) is 0 Å². The van der Waals surface area contributed by atoms with Crippen molar-refractivity contribution < 1.29 is 4.79 Å². The number of carbonyl (C=O) groups excluding carboxylic acids is 1. The van der Waals surface area contributed by atoms with Crippen LogP contribution < -0.4 is 0 Å². The summed E-state index contributed by atoms with van der Waals surface area (Å²) < 4.78 is 1.88. The number of likely N-dealkylation sites (tertiary alicyclic amines) is 2. The van der Waals surface area contributed by atoms with Crippen LogP contribution in [0.1, 0.15) is 42.4 Å². The van der Waals surface area contributed by atoms with E-state index in [4.69, 9.17) is 0 Å². The lowest BCUT2D eigenvalue weighted by molar-refractivity contribution is 0.0293. The van der Waals surface area contributed by atoms with Crippen LogP contribution >= 0.6 is 0 Å². The minimum absolute atomic E-state index is 0.154. The Hall–Kier alpha value is -1.36. The monoisotopic (exact) mass is 276 g/mol. The van der Waals surface area contributed by atoms with Gasteiger partial charge in [-0.05, 0) is 34.2 Å². The van der Waals surface area contributed by atoms with Crippen LogP contribution in [-0.2, 0) is 0 Å². The normalized spacial score (nSPS) is 21.8. The Kier molecular flexibility index (Phi) is 3.12. The molecule has 3 heterocycles. The Balaban J connectivity index is 1.74. The molecule has 1 aromatic rings. The van der Waals surface area contributed by atoms with Gasteiger partial charge in [-0.15, -0.1) is 0 Å². The van der Waals surface area contributed by atoms with Crippen molar-refractivity contribution in [3.05, 3.63) is 17.5 Å². The van der Waals surface area contributed by atoms with Crippen LogP contribution in [-0.4, -0.2) is 58.7 Å². The third-order valence-corrected chi connectivity index (χ3v) is 4.61. The second-order valence-corrected chi connectivity index (χ2v) is 6.85. The summed E-state index contributed by atoms with van der Waals surface area (Å²) in [7, 11) is 2.15. The van der Waals surface area contributed by atoms with Gasteiger partial charge in [-0.25, -0.2) is 0 Å². The summed E-state index contributed by atoms with van der Waals surface area (Å²) in [5.41, 5.74) is 1.98. The molecule has 20 heavy (non-hydrogen) atoms. The lowest BCUT2D eigenvalue weighted by atomic mass is 9.79. The average Bonchev–Trinajstić information content (AvgIpc) is 2.92. The topological polar surface area (TPSA) is 41.4 Å². The van der Waals surface area contributed by atoms with E-state index >= 15 is 0 Å². The summed E-state index contributed by atoms with van der Waals surface area (Å²) >= 11 is 0. The number of rotatable bonds is 2. The SMILES string of the molecule is Cc1nn(C(C)C)cc1C(=O)N1CCC2(CN(C)C2)C1. The number of aryl methyl sites for hydroxylation is 1. The number of carbonyl (C=O) groups is 1. The molecular formula is C15H24N4O. The first-order valence-corrected chi connectivity index (χ1v) is 7.44. The molecule has 2 aliphatic heterocycles. The summed E-state index contributed by atoms with van der Waals surface area (Å²) in [4.78, 5) is 17.0. The van der Waals surface area contributed by atoms with E-state index in [0.717, 1.165) is 43.9 Å². The van der Waals surface area contributed by atoms with E-state index in [1.54, 1.807) is 0 Å². The molecule has 1 amide bonds. The Labute approximate surface area is 120 Å². The zero-order valence-corrected chi connectivity index (χ0v) is 12.9. The number of nitrogens with zero attached hydrogens (tertiary/aromatic N) is 4. The van der Waals surface area contributed by atoms with Gasteiger partial charge in [-0.2, -0.15) is 5.10 Å². The number of aromatic nitrogens is 2. The maximum absolute atomic E-state index is 12.7. The van der Waals surface area contributed by atoms with Crippen molar-refractivity contribution >= 4 is 5.91 Å². The van der Waals surface area contributed by atoms with Gasteiger partial charge in [-0.1, -0.05) is 0 Å². The van der Waals surface area contributed by atoms with E-state index in [1.165, 1.54) is 0 Å². The molecule has 2 fully saturated rings. The molecule has 5 heteroatoms. The lowest BCUT2D eigenvalue weighted by Gasteiger charge is -2.46. The summed E-state index contributed by atoms with van der Waals surface area (Å²) in [6.07, 6.45) is 3.04. The standard InChI is InChI=1S/C15H24N4O/c1-11(2)19-7-13(12(3)16-19)14(20)18-6-5-15(10-18)8-17(4)9-15/h7,11H,5-6,8-10H2,1-4H3. The minimum atomic E-state index is 0.154. The van der Waals surface area contributed by atoms with Crippen LogP contribution in [0, 0.1) is 12.3 Å². The molecule has 0 unspecified atom stereocenters. The number of hydrogen-bond donors (Lipinski definition) is 0. The number of amides is 1. The first kappa shape index (κ1) is 13.6. The van der Waals surface area contributed by atoms with Gasteiger partial charge in [0.25, 0.3) is 5.91 Å². The predicted octanol–water partition coefficient (Wildman–Crippen LogP) is 1.55. The second-order valence-electron chi connectivity index (χ2n) is 6.85. The highest BCUT2D eigenvalue weighted by atomic mass is 16.2. The first-order chi connectivity index (χ1) is 9.40. The van der Waals surface area contributed by atoms with Gasteiger partial charge in [0.15, 0.2) is 0 Å². The maximum atomic E-state index is 12.7. The van der Waals surface area contributed by atoms with Crippen molar-refractivity contribution in [2.45, 2.75) is 33.2 Å². The molecule has 3 rings (SSSR count). The van der Waals surface area contributed by atoms with E-state index < -0.39 is 0 Å². The van der Waals surface area contributed by atoms with Gasteiger partial charge in [0.1, 0.15) is 0 Å². The fourth-order valence-electron chi connectivity index (χ4n) is 3.59. The highest BCUT2D eigenvalue weighted by molar-refractivity contribution is 5.95. The number of hydrogen-bond acceptors (Lipinski definition) is 3. The molecule has 0 bridgehead atoms. The van der Waals surface area contributed by atoms with Crippen LogP contribution in [0.2, 0.25) is 0 Å². The van der Waals surface area contributed by atoms with Crippen LogP contribution in [0.5, 0.6) is 0 Å². The van der Waals surface area contributed by atoms with Gasteiger partial charge in [0.05, 0.1) is 11.3 Å². The molecule has 1 spiro atoms. The van der Waals surface area contributed by atoms with Crippen molar-refractivity contribution in [3.63, 3.8) is 0 Å². The minimum Gasteiger partial charge on any atom is -0.338 e. The Morgan fingerprint density at radius 2 is 2.05 bits per heavy atom. The lowest BCUT2D eigenvalue weighted by Crippen LogP contribution is -2.55. The fraction of sp³-hybridized carbons (Fsp3) is 0.733. The molecule has 2 saturated heterocycles. The van der Waals surface area contributed by atoms with Crippen molar-refractivity contribution in [3.8, 4) is 0 Å². The van der Waals surface area contributed by atoms with E-state index in [1.807, 2.05) is 22.7 Å². The van der Waals surface area contributed by atoms with Crippen molar-refractivity contribution in [2.75, 3.05) is 33.2 Å². The quantitative estimate of drug-likeness (QED) is 0.823. The Bertz CT molecular complexity index is 528. The molecule has 0 aliphatic carbocycles. The van der Waals surface area contributed by atoms with E-state index in [9.17, 15) is 4.79 Å².